The van der Waals surface area contributed by atoms with Gasteiger partial charge in [0.15, 0.2) is 11.5 Å². The van der Waals surface area contributed by atoms with Crippen LogP contribution in [0.3, 0.4) is 0 Å². The third kappa shape index (κ3) is 6.00. The van der Waals surface area contributed by atoms with Crippen LogP contribution >= 0.6 is 0 Å². The zero-order chi connectivity index (χ0) is 19.6. The van der Waals surface area contributed by atoms with Gasteiger partial charge in [0, 0.05) is 18.2 Å². The SMILES string of the molecule is C=CCOc1ccc(/C=N\NC(=O)c2cccc(NC(C)=O)c2)cc1OC. The molecule has 0 aliphatic heterocycles. The summed E-state index contributed by atoms with van der Waals surface area (Å²) in [6.07, 6.45) is 3.14. The average molecular weight is 367 g/mol. The first-order chi connectivity index (χ1) is 13.0. The number of anilines is 1. The summed E-state index contributed by atoms with van der Waals surface area (Å²) in [4.78, 5) is 23.3. The predicted octanol–water partition coefficient (Wildman–Crippen LogP) is 2.98. The van der Waals surface area contributed by atoms with Gasteiger partial charge in [-0.3, -0.25) is 9.59 Å². The molecule has 2 rings (SSSR count). The van der Waals surface area contributed by atoms with E-state index in [9.17, 15) is 9.59 Å². The maximum absolute atomic E-state index is 12.2. The van der Waals surface area contributed by atoms with Crippen molar-refractivity contribution in [1.82, 2.24) is 5.43 Å². The summed E-state index contributed by atoms with van der Waals surface area (Å²) in [7, 11) is 1.54. The molecule has 0 unspecified atom stereocenters. The summed E-state index contributed by atoms with van der Waals surface area (Å²) in [5, 5.41) is 6.58. The highest BCUT2D eigenvalue weighted by molar-refractivity contribution is 5.97. The fourth-order valence-electron chi connectivity index (χ4n) is 2.20. The van der Waals surface area contributed by atoms with Gasteiger partial charge < -0.3 is 14.8 Å². The Labute approximate surface area is 157 Å². The van der Waals surface area contributed by atoms with Gasteiger partial charge in [-0.15, -0.1) is 0 Å². The first-order valence-corrected chi connectivity index (χ1v) is 8.16. The Kier molecular flexibility index (Phi) is 7.13. The van der Waals surface area contributed by atoms with Crippen molar-refractivity contribution in [1.29, 1.82) is 0 Å². The summed E-state index contributed by atoms with van der Waals surface area (Å²) < 4.78 is 10.8. The van der Waals surface area contributed by atoms with E-state index in [1.54, 1.807) is 55.7 Å². The van der Waals surface area contributed by atoms with E-state index < -0.39 is 5.91 Å². The third-order valence-corrected chi connectivity index (χ3v) is 3.37. The van der Waals surface area contributed by atoms with Crippen LogP contribution in [0.25, 0.3) is 0 Å². The van der Waals surface area contributed by atoms with E-state index >= 15 is 0 Å². The molecule has 0 fully saturated rings. The summed E-state index contributed by atoms with van der Waals surface area (Å²) in [6, 6.07) is 11.9. The molecule has 0 aliphatic rings. The zero-order valence-electron chi connectivity index (χ0n) is 15.2. The minimum Gasteiger partial charge on any atom is -0.493 e. The number of hydrogen-bond donors (Lipinski definition) is 2. The lowest BCUT2D eigenvalue weighted by Gasteiger charge is -2.09. The van der Waals surface area contributed by atoms with Crippen LogP contribution in [0.1, 0.15) is 22.8 Å². The summed E-state index contributed by atoms with van der Waals surface area (Å²) in [5.74, 6) is 0.542. The van der Waals surface area contributed by atoms with Crippen LogP contribution in [0.4, 0.5) is 5.69 Å². The number of carbonyl (C=O) groups is 2. The van der Waals surface area contributed by atoms with Crippen molar-refractivity contribution in [2.75, 3.05) is 19.0 Å². The molecule has 2 N–H and O–H groups in total. The Balaban J connectivity index is 2.03. The Morgan fingerprint density at radius 1 is 1.19 bits per heavy atom. The van der Waals surface area contributed by atoms with Crippen LogP contribution < -0.4 is 20.2 Å². The van der Waals surface area contributed by atoms with E-state index in [1.165, 1.54) is 13.1 Å². The number of amides is 2. The molecule has 7 heteroatoms. The Morgan fingerprint density at radius 2 is 2.00 bits per heavy atom. The number of hydrogen-bond acceptors (Lipinski definition) is 5. The lowest BCUT2D eigenvalue weighted by Crippen LogP contribution is -2.18. The third-order valence-electron chi connectivity index (χ3n) is 3.37. The number of rotatable bonds is 8. The molecule has 0 radical (unpaired) electrons. The second-order valence-corrected chi connectivity index (χ2v) is 5.47. The van der Waals surface area contributed by atoms with Crippen molar-refractivity contribution in [2.45, 2.75) is 6.92 Å². The number of hydrazone groups is 1. The maximum atomic E-state index is 12.2. The summed E-state index contributed by atoms with van der Waals surface area (Å²) >= 11 is 0. The molecule has 0 atom stereocenters. The number of nitrogens with zero attached hydrogens (tertiary/aromatic N) is 1. The fraction of sp³-hybridized carbons (Fsp3) is 0.150. The molecule has 27 heavy (non-hydrogen) atoms. The van der Waals surface area contributed by atoms with E-state index in [2.05, 4.69) is 22.4 Å². The van der Waals surface area contributed by atoms with Crippen molar-refractivity contribution in [3.63, 3.8) is 0 Å². The van der Waals surface area contributed by atoms with Crippen molar-refractivity contribution in [3.8, 4) is 11.5 Å². The van der Waals surface area contributed by atoms with Crippen LogP contribution in [-0.4, -0.2) is 31.7 Å². The van der Waals surface area contributed by atoms with Gasteiger partial charge in [0.05, 0.1) is 13.3 Å². The summed E-state index contributed by atoms with van der Waals surface area (Å²) in [5.41, 5.74) is 4.09. The van der Waals surface area contributed by atoms with Crippen LogP contribution in [0.5, 0.6) is 11.5 Å². The van der Waals surface area contributed by atoms with E-state index in [0.717, 1.165) is 5.56 Å². The molecule has 0 aromatic heterocycles. The fourth-order valence-corrected chi connectivity index (χ4v) is 2.20. The first kappa shape index (κ1) is 19.7. The number of ether oxygens (including phenoxy) is 2. The Morgan fingerprint density at radius 3 is 2.70 bits per heavy atom. The van der Waals surface area contributed by atoms with Gasteiger partial charge in [-0.2, -0.15) is 5.10 Å². The van der Waals surface area contributed by atoms with Gasteiger partial charge in [-0.1, -0.05) is 18.7 Å². The van der Waals surface area contributed by atoms with Crippen molar-refractivity contribution >= 4 is 23.7 Å². The number of benzene rings is 2. The van der Waals surface area contributed by atoms with Gasteiger partial charge in [-0.05, 0) is 42.0 Å². The monoisotopic (exact) mass is 367 g/mol. The minimum atomic E-state index is -0.392. The van der Waals surface area contributed by atoms with Gasteiger partial charge >= 0.3 is 0 Å². The highest BCUT2D eigenvalue weighted by atomic mass is 16.5. The smallest absolute Gasteiger partial charge is 0.271 e. The van der Waals surface area contributed by atoms with E-state index in [0.29, 0.717) is 29.4 Å². The molecule has 0 saturated carbocycles. The quantitative estimate of drug-likeness (QED) is 0.426. The molecule has 2 amide bonds. The van der Waals surface area contributed by atoms with E-state index in [1.807, 2.05) is 0 Å². The molecule has 140 valence electrons. The average Bonchev–Trinajstić information content (AvgIpc) is 2.66. The number of nitrogens with one attached hydrogen (secondary N) is 2. The molecule has 0 aliphatic carbocycles. The zero-order valence-corrected chi connectivity index (χ0v) is 15.2. The highest BCUT2D eigenvalue weighted by Crippen LogP contribution is 2.27. The Bertz CT molecular complexity index is 862. The predicted molar refractivity (Wildman–Crippen MR) is 104 cm³/mol. The van der Waals surface area contributed by atoms with Crippen LogP contribution in [-0.2, 0) is 4.79 Å². The molecule has 0 bridgehead atoms. The second-order valence-electron chi connectivity index (χ2n) is 5.47. The van der Waals surface area contributed by atoms with Crippen molar-refractivity contribution in [2.24, 2.45) is 5.10 Å². The van der Waals surface area contributed by atoms with Gasteiger partial charge in [0.2, 0.25) is 5.91 Å². The van der Waals surface area contributed by atoms with Crippen molar-refractivity contribution in [3.05, 3.63) is 66.2 Å². The highest BCUT2D eigenvalue weighted by Gasteiger charge is 2.07. The van der Waals surface area contributed by atoms with Gasteiger partial charge in [0.1, 0.15) is 6.61 Å². The first-order valence-electron chi connectivity index (χ1n) is 8.16. The normalized spacial score (nSPS) is 10.3. The molecular formula is C20H21N3O4. The molecule has 0 heterocycles. The molecular weight excluding hydrogens is 346 g/mol. The molecule has 2 aromatic carbocycles. The molecule has 2 aromatic rings. The van der Waals surface area contributed by atoms with E-state index in [4.69, 9.17) is 9.47 Å². The van der Waals surface area contributed by atoms with Crippen LogP contribution in [0.15, 0.2) is 60.2 Å². The summed E-state index contributed by atoms with van der Waals surface area (Å²) in [6.45, 7) is 5.38. The van der Waals surface area contributed by atoms with Crippen molar-refractivity contribution < 1.29 is 19.1 Å². The van der Waals surface area contributed by atoms with Crippen LogP contribution in [0, 0.1) is 0 Å². The van der Waals surface area contributed by atoms with Gasteiger partial charge in [-0.25, -0.2) is 5.43 Å². The lowest BCUT2D eigenvalue weighted by atomic mass is 10.2. The second kappa shape index (κ2) is 9.76. The minimum absolute atomic E-state index is 0.208. The molecule has 7 nitrogen and oxygen atoms in total. The number of methoxy groups -OCH3 is 1. The Hall–Kier alpha value is -3.61. The van der Waals surface area contributed by atoms with Crippen LogP contribution in [0.2, 0.25) is 0 Å². The molecule has 0 saturated heterocycles. The maximum Gasteiger partial charge on any atom is 0.271 e. The lowest BCUT2D eigenvalue weighted by molar-refractivity contribution is -0.114. The standard InChI is InChI=1S/C20H21N3O4/c1-4-10-27-18-9-8-15(11-19(18)26-3)13-21-23-20(25)16-6-5-7-17(12-16)22-14(2)24/h4-9,11-13H,1,10H2,2-3H3,(H,22,24)(H,23,25)/b21-13-. The topological polar surface area (TPSA) is 89.0 Å². The number of carbonyl (C=O) groups excluding carboxylic acids is 2. The molecule has 0 spiro atoms. The van der Waals surface area contributed by atoms with Gasteiger partial charge in [0.25, 0.3) is 5.91 Å². The largest absolute Gasteiger partial charge is 0.493 e. The van der Waals surface area contributed by atoms with E-state index in [-0.39, 0.29) is 5.91 Å².